The van der Waals surface area contributed by atoms with Crippen molar-refractivity contribution >= 4 is 37.4 Å². The van der Waals surface area contributed by atoms with E-state index in [1.807, 2.05) is 18.2 Å². The molecule has 0 amide bonds. The van der Waals surface area contributed by atoms with Crippen molar-refractivity contribution in [1.82, 2.24) is 4.98 Å². The number of hydrogen-bond acceptors (Lipinski definition) is 6. The van der Waals surface area contributed by atoms with Crippen LogP contribution in [0.4, 0.5) is 10.1 Å². The molecule has 1 aromatic heterocycles. The van der Waals surface area contributed by atoms with Gasteiger partial charge in [0.25, 0.3) is 10.0 Å². The molecule has 36 heavy (non-hydrogen) atoms. The lowest BCUT2D eigenvalue weighted by Crippen LogP contribution is -2.13. The third-order valence-corrected chi connectivity index (χ3v) is 7.09. The lowest BCUT2D eigenvalue weighted by atomic mass is 10.1. The Hall–Kier alpha value is -4.37. The quantitative estimate of drug-likeness (QED) is 0.287. The molecule has 4 aromatic carbocycles. The van der Waals surface area contributed by atoms with Gasteiger partial charge in [-0.3, -0.25) is 9.71 Å². The van der Waals surface area contributed by atoms with Crippen LogP contribution in [0.15, 0.2) is 90.0 Å². The van der Waals surface area contributed by atoms with E-state index in [-0.39, 0.29) is 16.3 Å². The standard InChI is InChI=1S/C27H21FN2O5S/c1-33-25-15-20-22(16-26(25)34-2)29-13-12-23(20)35-24-11-10-18(14-21(24)28)30-36(31,32)27-9-5-7-17-6-3-4-8-19(17)27/h3-16,30H,1-2H3. The number of aromatic nitrogens is 1. The van der Waals surface area contributed by atoms with E-state index in [9.17, 15) is 8.42 Å². The van der Waals surface area contributed by atoms with Gasteiger partial charge in [0.15, 0.2) is 23.1 Å². The maximum Gasteiger partial charge on any atom is 0.262 e. The number of anilines is 1. The van der Waals surface area contributed by atoms with Crippen LogP contribution in [-0.2, 0) is 10.0 Å². The molecule has 0 saturated heterocycles. The van der Waals surface area contributed by atoms with Gasteiger partial charge in [-0.1, -0.05) is 36.4 Å². The van der Waals surface area contributed by atoms with E-state index in [2.05, 4.69) is 9.71 Å². The highest BCUT2D eigenvalue weighted by Gasteiger charge is 2.19. The normalized spacial score (nSPS) is 11.4. The summed E-state index contributed by atoms with van der Waals surface area (Å²) in [4.78, 5) is 4.41. The summed E-state index contributed by atoms with van der Waals surface area (Å²) in [6.07, 6.45) is 1.54. The SMILES string of the molecule is COc1cc2nccc(Oc3ccc(NS(=O)(=O)c4cccc5ccccc45)cc3F)c2cc1OC. The van der Waals surface area contributed by atoms with Crippen molar-refractivity contribution < 1.29 is 27.0 Å². The highest BCUT2D eigenvalue weighted by molar-refractivity contribution is 7.93. The monoisotopic (exact) mass is 504 g/mol. The fourth-order valence-electron chi connectivity index (χ4n) is 3.94. The lowest BCUT2D eigenvalue weighted by molar-refractivity contribution is 0.355. The second kappa shape index (κ2) is 9.35. The van der Waals surface area contributed by atoms with E-state index in [0.29, 0.717) is 33.5 Å². The first-order valence-electron chi connectivity index (χ1n) is 10.9. The minimum Gasteiger partial charge on any atom is -0.493 e. The minimum atomic E-state index is -3.96. The van der Waals surface area contributed by atoms with Crippen molar-refractivity contribution in [2.75, 3.05) is 18.9 Å². The van der Waals surface area contributed by atoms with Crippen LogP contribution >= 0.6 is 0 Å². The maximum atomic E-state index is 15.0. The smallest absolute Gasteiger partial charge is 0.262 e. The van der Waals surface area contributed by atoms with Crippen molar-refractivity contribution in [2.45, 2.75) is 4.90 Å². The molecule has 0 saturated carbocycles. The molecule has 1 heterocycles. The first-order chi connectivity index (χ1) is 17.4. The average molecular weight is 505 g/mol. The summed E-state index contributed by atoms with van der Waals surface area (Å²) in [5.41, 5.74) is 0.642. The Labute approximate surface area is 207 Å². The van der Waals surface area contributed by atoms with Crippen molar-refractivity contribution in [3.05, 3.63) is 90.9 Å². The second-order valence-electron chi connectivity index (χ2n) is 7.86. The molecule has 5 aromatic rings. The van der Waals surface area contributed by atoms with Crippen LogP contribution in [0.1, 0.15) is 0 Å². The Kier molecular flexibility index (Phi) is 6.07. The third kappa shape index (κ3) is 4.36. The average Bonchev–Trinajstić information content (AvgIpc) is 2.89. The van der Waals surface area contributed by atoms with Gasteiger partial charge in [-0.15, -0.1) is 0 Å². The topological polar surface area (TPSA) is 86.8 Å². The van der Waals surface area contributed by atoms with Gasteiger partial charge in [-0.2, -0.15) is 0 Å². The largest absolute Gasteiger partial charge is 0.493 e. The van der Waals surface area contributed by atoms with Crippen LogP contribution in [0.2, 0.25) is 0 Å². The summed E-state index contributed by atoms with van der Waals surface area (Å²) in [5, 5.41) is 1.95. The van der Waals surface area contributed by atoms with Crippen molar-refractivity contribution in [2.24, 2.45) is 0 Å². The van der Waals surface area contributed by atoms with E-state index in [1.54, 1.807) is 36.4 Å². The van der Waals surface area contributed by atoms with Crippen LogP contribution in [0, 0.1) is 5.82 Å². The molecule has 0 aliphatic heterocycles. The number of nitrogens with zero attached hydrogens (tertiary/aromatic N) is 1. The van der Waals surface area contributed by atoms with Gasteiger partial charge < -0.3 is 14.2 Å². The highest BCUT2D eigenvalue weighted by Crippen LogP contribution is 2.37. The summed E-state index contributed by atoms with van der Waals surface area (Å²) in [6.45, 7) is 0. The molecular formula is C27H21FN2O5S. The summed E-state index contributed by atoms with van der Waals surface area (Å²) < 4.78 is 60.1. The second-order valence-corrected chi connectivity index (χ2v) is 9.51. The zero-order valence-electron chi connectivity index (χ0n) is 19.4. The summed E-state index contributed by atoms with van der Waals surface area (Å²) in [5.74, 6) is 0.512. The van der Waals surface area contributed by atoms with Gasteiger partial charge in [-0.25, -0.2) is 12.8 Å². The molecule has 0 aliphatic rings. The van der Waals surface area contributed by atoms with Gasteiger partial charge in [0.2, 0.25) is 0 Å². The van der Waals surface area contributed by atoms with Crippen LogP contribution in [-0.4, -0.2) is 27.6 Å². The number of benzene rings is 4. The fraction of sp³-hybridized carbons (Fsp3) is 0.0741. The zero-order valence-corrected chi connectivity index (χ0v) is 20.2. The number of hydrogen-bond donors (Lipinski definition) is 1. The van der Waals surface area contributed by atoms with E-state index >= 15 is 4.39 Å². The Morgan fingerprint density at radius 3 is 2.31 bits per heavy atom. The van der Waals surface area contributed by atoms with Gasteiger partial charge in [0, 0.05) is 29.1 Å². The number of methoxy groups -OCH3 is 2. The van der Waals surface area contributed by atoms with Crippen molar-refractivity contribution in [3.63, 3.8) is 0 Å². The summed E-state index contributed by atoms with van der Waals surface area (Å²) in [7, 11) is -0.928. The Morgan fingerprint density at radius 2 is 1.53 bits per heavy atom. The predicted molar refractivity (Wildman–Crippen MR) is 136 cm³/mol. The van der Waals surface area contributed by atoms with Crippen molar-refractivity contribution in [3.8, 4) is 23.0 Å². The molecule has 1 N–H and O–H groups in total. The first kappa shape index (κ1) is 23.4. The zero-order chi connectivity index (χ0) is 25.3. The van der Waals surface area contributed by atoms with Gasteiger partial charge in [-0.05, 0) is 35.7 Å². The van der Waals surface area contributed by atoms with E-state index < -0.39 is 15.8 Å². The van der Waals surface area contributed by atoms with Gasteiger partial charge in [0.1, 0.15) is 5.75 Å². The van der Waals surface area contributed by atoms with E-state index in [0.717, 1.165) is 11.5 Å². The number of sulfonamides is 1. The molecule has 9 heteroatoms. The Balaban J connectivity index is 1.44. The number of halogens is 1. The molecule has 0 fully saturated rings. The van der Waals surface area contributed by atoms with Crippen LogP contribution < -0.4 is 18.9 Å². The number of rotatable bonds is 7. The van der Waals surface area contributed by atoms with Crippen LogP contribution in [0.5, 0.6) is 23.0 Å². The fourth-order valence-corrected chi connectivity index (χ4v) is 5.22. The van der Waals surface area contributed by atoms with Gasteiger partial charge in [0.05, 0.1) is 30.3 Å². The maximum absolute atomic E-state index is 15.0. The number of nitrogens with one attached hydrogen (secondary N) is 1. The molecule has 0 bridgehead atoms. The molecule has 5 rings (SSSR count). The molecule has 7 nitrogen and oxygen atoms in total. The molecule has 0 aliphatic carbocycles. The first-order valence-corrected chi connectivity index (χ1v) is 12.4. The minimum absolute atomic E-state index is 0.0683. The summed E-state index contributed by atoms with van der Waals surface area (Å²) in [6, 6.07) is 21.0. The third-order valence-electron chi connectivity index (χ3n) is 5.65. The Morgan fingerprint density at radius 1 is 0.778 bits per heavy atom. The van der Waals surface area contributed by atoms with Gasteiger partial charge >= 0.3 is 0 Å². The molecule has 0 unspecified atom stereocenters. The summed E-state index contributed by atoms with van der Waals surface area (Å²) >= 11 is 0. The van der Waals surface area contributed by atoms with Crippen molar-refractivity contribution in [1.29, 1.82) is 0 Å². The van der Waals surface area contributed by atoms with Crippen LogP contribution in [0.3, 0.4) is 0 Å². The number of fused-ring (bicyclic) bond motifs is 2. The number of ether oxygens (including phenoxy) is 3. The molecular weight excluding hydrogens is 483 g/mol. The van der Waals surface area contributed by atoms with E-state index in [1.165, 1.54) is 38.6 Å². The molecule has 0 radical (unpaired) electrons. The molecule has 0 atom stereocenters. The van der Waals surface area contributed by atoms with E-state index in [4.69, 9.17) is 14.2 Å². The van der Waals surface area contributed by atoms with Crippen LogP contribution in [0.25, 0.3) is 21.7 Å². The lowest BCUT2D eigenvalue weighted by Gasteiger charge is -2.14. The molecule has 0 spiro atoms. The number of pyridine rings is 1. The Bertz CT molecular complexity index is 1700. The molecule has 182 valence electrons. The highest BCUT2D eigenvalue weighted by atomic mass is 32.2. The predicted octanol–water partition coefficient (Wildman–Crippen LogP) is 6.14.